The SMILES string of the molecule is Cc1nc(-c2cccnc2)sc1C(C)C. The van der Waals surface area contributed by atoms with Crippen LogP contribution in [0.25, 0.3) is 10.6 Å². The van der Waals surface area contributed by atoms with Crippen LogP contribution in [-0.2, 0) is 0 Å². The molecule has 0 aromatic carbocycles. The molecule has 0 N–H and O–H groups in total. The summed E-state index contributed by atoms with van der Waals surface area (Å²) in [4.78, 5) is 10.1. The van der Waals surface area contributed by atoms with Crippen LogP contribution in [0.2, 0.25) is 0 Å². The zero-order chi connectivity index (χ0) is 10.8. The third kappa shape index (κ3) is 2.07. The molecule has 15 heavy (non-hydrogen) atoms. The molecule has 0 unspecified atom stereocenters. The van der Waals surface area contributed by atoms with Gasteiger partial charge in [0.2, 0.25) is 0 Å². The predicted molar refractivity (Wildman–Crippen MR) is 64.2 cm³/mol. The quantitative estimate of drug-likeness (QED) is 0.769. The van der Waals surface area contributed by atoms with Crippen molar-refractivity contribution in [1.29, 1.82) is 0 Å². The molecule has 0 atom stereocenters. The third-order valence-corrected chi connectivity index (χ3v) is 3.77. The molecule has 2 nitrogen and oxygen atoms in total. The van der Waals surface area contributed by atoms with Crippen LogP contribution in [0.3, 0.4) is 0 Å². The van der Waals surface area contributed by atoms with Crippen LogP contribution in [0.5, 0.6) is 0 Å². The van der Waals surface area contributed by atoms with Gasteiger partial charge in [0.1, 0.15) is 5.01 Å². The molecule has 3 heteroatoms. The maximum atomic E-state index is 4.58. The van der Waals surface area contributed by atoms with E-state index in [2.05, 4.69) is 36.8 Å². The highest BCUT2D eigenvalue weighted by molar-refractivity contribution is 7.15. The van der Waals surface area contributed by atoms with E-state index in [1.807, 2.05) is 12.3 Å². The Balaban J connectivity index is 2.43. The minimum Gasteiger partial charge on any atom is -0.264 e. The highest BCUT2D eigenvalue weighted by Crippen LogP contribution is 2.31. The second-order valence-corrected chi connectivity index (χ2v) is 4.90. The molecule has 0 spiro atoms. The summed E-state index contributed by atoms with van der Waals surface area (Å²) < 4.78 is 0. The molecule has 2 rings (SSSR count). The Kier molecular flexibility index (Phi) is 2.82. The maximum absolute atomic E-state index is 4.58. The smallest absolute Gasteiger partial charge is 0.125 e. The van der Waals surface area contributed by atoms with E-state index >= 15 is 0 Å². The van der Waals surface area contributed by atoms with Crippen LogP contribution in [0.4, 0.5) is 0 Å². The minimum absolute atomic E-state index is 0.549. The Morgan fingerprint density at radius 1 is 1.33 bits per heavy atom. The van der Waals surface area contributed by atoms with Gasteiger partial charge < -0.3 is 0 Å². The van der Waals surface area contributed by atoms with E-state index < -0.39 is 0 Å². The fourth-order valence-corrected chi connectivity index (χ4v) is 2.62. The minimum atomic E-state index is 0.549. The van der Waals surface area contributed by atoms with Gasteiger partial charge in [-0.2, -0.15) is 0 Å². The number of aryl methyl sites for hydroxylation is 1. The number of thiazole rings is 1. The Labute approximate surface area is 94.0 Å². The van der Waals surface area contributed by atoms with Gasteiger partial charge in [-0.15, -0.1) is 11.3 Å². The molecule has 78 valence electrons. The summed E-state index contributed by atoms with van der Waals surface area (Å²) in [5.41, 5.74) is 2.26. The van der Waals surface area contributed by atoms with Gasteiger partial charge in [-0.1, -0.05) is 13.8 Å². The zero-order valence-corrected chi connectivity index (χ0v) is 10.0. The van der Waals surface area contributed by atoms with Gasteiger partial charge in [0, 0.05) is 22.8 Å². The molecule has 0 fully saturated rings. The number of rotatable bonds is 2. The summed E-state index contributed by atoms with van der Waals surface area (Å²) in [7, 11) is 0. The summed E-state index contributed by atoms with van der Waals surface area (Å²) >= 11 is 1.77. The Hall–Kier alpha value is -1.22. The lowest BCUT2D eigenvalue weighted by atomic mass is 10.1. The van der Waals surface area contributed by atoms with Crippen LogP contribution in [0, 0.1) is 6.92 Å². The Morgan fingerprint density at radius 2 is 2.13 bits per heavy atom. The summed E-state index contributed by atoms with van der Waals surface area (Å²) in [6.07, 6.45) is 3.65. The number of hydrogen-bond acceptors (Lipinski definition) is 3. The highest BCUT2D eigenvalue weighted by Gasteiger charge is 2.11. The van der Waals surface area contributed by atoms with Crippen molar-refractivity contribution < 1.29 is 0 Å². The topological polar surface area (TPSA) is 25.8 Å². The van der Waals surface area contributed by atoms with Gasteiger partial charge in [0.15, 0.2) is 0 Å². The number of pyridine rings is 1. The van der Waals surface area contributed by atoms with Crippen molar-refractivity contribution in [2.45, 2.75) is 26.7 Å². The first kappa shape index (κ1) is 10.3. The second-order valence-electron chi connectivity index (χ2n) is 3.87. The monoisotopic (exact) mass is 218 g/mol. The number of aromatic nitrogens is 2. The van der Waals surface area contributed by atoms with E-state index in [4.69, 9.17) is 0 Å². The summed E-state index contributed by atoms with van der Waals surface area (Å²) in [6.45, 7) is 6.48. The molecule has 0 aliphatic carbocycles. The van der Waals surface area contributed by atoms with Crippen molar-refractivity contribution in [1.82, 2.24) is 9.97 Å². The number of hydrogen-bond donors (Lipinski definition) is 0. The molecule has 0 aliphatic rings. The van der Waals surface area contributed by atoms with Gasteiger partial charge in [-0.25, -0.2) is 4.98 Å². The van der Waals surface area contributed by atoms with Crippen LogP contribution in [0.1, 0.15) is 30.3 Å². The van der Waals surface area contributed by atoms with Gasteiger partial charge in [0.25, 0.3) is 0 Å². The van der Waals surface area contributed by atoms with Crippen molar-refractivity contribution in [3.8, 4) is 10.6 Å². The third-order valence-electron chi connectivity index (χ3n) is 2.27. The molecule has 0 radical (unpaired) electrons. The number of nitrogens with zero attached hydrogens (tertiary/aromatic N) is 2. The van der Waals surface area contributed by atoms with Crippen molar-refractivity contribution in [3.63, 3.8) is 0 Å². The lowest BCUT2D eigenvalue weighted by Gasteiger charge is -1.99. The average Bonchev–Trinajstić information content (AvgIpc) is 2.62. The summed E-state index contributed by atoms with van der Waals surface area (Å²) in [5, 5.41) is 1.07. The molecule has 2 aromatic rings. The van der Waals surface area contributed by atoms with E-state index in [9.17, 15) is 0 Å². The first-order valence-electron chi connectivity index (χ1n) is 5.06. The van der Waals surface area contributed by atoms with E-state index in [-0.39, 0.29) is 0 Å². The van der Waals surface area contributed by atoms with Gasteiger partial charge >= 0.3 is 0 Å². The van der Waals surface area contributed by atoms with Gasteiger partial charge in [0.05, 0.1) is 5.69 Å². The first-order chi connectivity index (χ1) is 7.18. The Bertz CT molecular complexity index is 446. The summed E-state index contributed by atoms with van der Waals surface area (Å²) in [5.74, 6) is 0.549. The fraction of sp³-hybridized carbons (Fsp3) is 0.333. The molecule has 0 bridgehead atoms. The molecular weight excluding hydrogens is 204 g/mol. The largest absolute Gasteiger partial charge is 0.264 e. The fourth-order valence-electron chi connectivity index (χ4n) is 1.56. The lowest BCUT2D eigenvalue weighted by Crippen LogP contribution is -1.84. The molecule has 0 saturated carbocycles. The standard InChI is InChI=1S/C12H14N2S/c1-8(2)11-9(3)14-12(15-11)10-5-4-6-13-7-10/h4-8H,1-3H3. The predicted octanol–water partition coefficient (Wildman–Crippen LogP) is 3.64. The van der Waals surface area contributed by atoms with Crippen molar-refractivity contribution in [2.75, 3.05) is 0 Å². The van der Waals surface area contributed by atoms with E-state index in [1.54, 1.807) is 17.5 Å². The van der Waals surface area contributed by atoms with E-state index in [1.165, 1.54) is 4.88 Å². The van der Waals surface area contributed by atoms with E-state index in [0.717, 1.165) is 16.3 Å². The molecule has 0 aliphatic heterocycles. The van der Waals surface area contributed by atoms with Crippen LogP contribution in [0.15, 0.2) is 24.5 Å². The van der Waals surface area contributed by atoms with Gasteiger partial charge in [-0.05, 0) is 25.0 Å². The van der Waals surface area contributed by atoms with Crippen LogP contribution in [-0.4, -0.2) is 9.97 Å². The average molecular weight is 218 g/mol. The van der Waals surface area contributed by atoms with Crippen molar-refractivity contribution in [2.24, 2.45) is 0 Å². The molecular formula is C12H14N2S. The zero-order valence-electron chi connectivity index (χ0n) is 9.19. The molecule has 2 aromatic heterocycles. The Morgan fingerprint density at radius 3 is 2.67 bits per heavy atom. The van der Waals surface area contributed by atoms with Crippen molar-refractivity contribution >= 4 is 11.3 Å². The first-order valence-corrected chi connectivity index (χ1v) is 5.88. The van der Waals surface area contributed by atoms with Gasteiger partial charge in [-0.3, -0.25) is 4.98 Å². The molecule has 2 heterocycles. The van der Waals surface area contributed by atoms with E-state index in [0.29, 0.717) is 5.92 Å². The summed E-state index contributed by atoms with van der Waals surface area (Å²) in [6, 6.07) is 4.00. The van der Waals surface area contributed by atoms with Crippen LogP contribution < -0.4 is 0 Å². The molecule has 0 saturated heterocycles. The molecule has 0 amide bonds. The van der Waals surface area contributed by atoms with Crippen LogP contribution >= 0.6 is 11.3 Å². The second kappa shape index (κ2) is 4.11. The normalized spacial score (nSPS) is 10.9. The van der Waals surface area contributed by atoms with Crippen molar-refractivity contribution in [3.05, 3.63) is 35.1 Å². The highest BCUT2D eigenvalue weighted by atomic mass is 32.1. The maximum Gasteiger partial charge on any atom is 0.125 e. The lowest BCUT2D eigenvalue weighted by molar-refractivity contribution is 0.873.